The molecule has 1 aromatic heterocycles. The molecule has 9 heteroatoms. The summed E-state index contributed by atoms with van der Waals surface area (Å²) in [6, 6.07) is 6.36. The van der Waals surface area contributed by atoms with Gasteiger partial charge in [-0.05, 0) is 75.8 Å². The van der Waals surface area contributed by atoms with Crippen LogP contribution in [0.5, 0.6) is 0 Å². The van der Waals surface area contributed by atoms with Crippen LogP contribution >= 0.6 is 11.6 Å². The molecule has 0 bridgehead atoms. The smallest absolute Gasteiger partial charge is 0.326 e. The lowest BCUT2D eigenvalue weighted by molar-refractivity contribution is -0.139. The fourth-order valence-electron chi connectivity index (χ4n) is 3.69. The van der Waals surface area contributed by atoms with Gasteiger partial charge in [0.25, 0.3) is 5.91 Å². The zero-order chi connectivity index (χ0) is 26.3. The van der Waals surface area contributed by atoms with Crippen LogP contribution in [0.2, 0.25) is 5.02 Å². The van der Waals surface area contributed by atoms with E-state index in [0.29, 0.717) is 12.8 Å². The number of benzene rings is 1. The first-order chi connectivity index (χ1) is 17.1. The summed E-state index contributed by atoms with van der Waals surface area (Å²) < 4.78 is 37.1. The molecule has 1 atom stereocenters. The Morgan fingerprint density at radius 2 is 2.18 bits per heavy atom. The summed E-state index contributed by atoms with van der Waals surface area (Å²) in [6.45, 7) is -1.36. The van der Waals surface area contributed by atoms with E-state index in [4.69, 9.17) is 15.7 Å². The van der Waals surface area contributed by atoms with E-state index in [1.807, 2.05) is 6.07 Å². The zero-order valence-electron chi connectivity index (χ0n) is 21.2. The van der Waals surface area contributed by atoms with Gasteiger partial charge in [-0.3, -0.25) is 4.79 Å². The topological polar surface area (TPSA) is 94.6 Å². The minimum Gasteiger partial charge on any atom is -0.480 e. The first-order valence-corrected chi connectivity index (χ1v) is 11.4. The standard InChI is InChI=1S/C24H30ClFN4O3/c1-30(14-3-2-7-17-11-10-16-6-5-13-27-22(16)28-17)15-12-20(24(32)33)29-23(31)18-8-4-9-19(26)21(18)25/h4,8-11,20H,2-3,5-7,12-15H2,1H3,(H,27,28)(H,29,31)(H,32,33)/t20-/m0/s1/i1D3. The van der Waals surface area contributed by atoms with E-state index in [1.54, 1.807) is 0 Å². The number of amides is 1. The van der Waals surface area contributed by atoms with Crippen LogP contribution in [0.3, 0.4) is 0 Å². The molecule has 0 spiro atoms. The largest absolute Gasteiger partial charge is 0.480 e. The zero-order valence-corrected chi connectivity index (χ0v) is 19.0. The quantitative estimate of drug-likeness (QED) is 0.425. The number of nitrogens with one attached hydrogen (secondary N) is 2. The van der Waals surface area contributed by atoms with Gasteiger partial charge in [0.05, 0.1) is 10.6 Å². The molecule has 2 aromatic rings. The Morgan fingerprint density at radius 3 is 2.97 bits per heavy atom. The molecule has 1 aliphatic rings. The summed E-state index contributed by atoms with van der Waals surface area (Å²) in [7, 11) is 0. The number of hydrogen-bond donors (Lipinski definition) is 3. The van der Waals surface area contributed by atoms with Gasteiger partial charge in [0, 0.05) is 22.9 Å². The second-order valence-electron chi connectivity index (χ2n) is 8.04. The highest BCUT2D eigenvalue weighted by Crippen LogP contribution is 2.21. The third kappa shape index (κ3) is 7.14. The lowest BCUT2D eigenvalue weighted by atomic mass is 10.1. The number of aromatic nitrogens is 1. The van der Waals surface area contributed by atoms with Crippen LogP contribution in [-0.4, -0.2) is 59.5 Å². The van der Waals surface area contributed by atoms with Crippen LogP contribution in [-0.2, 0) is 17.6 Å². The molecule has 0 radical (unpaired) electrons. The Morgan fingerprint density at radius 1 is 1.33 bits per heavy atom. The third-order valence-corrected chi connectivity index (χ3v) is 5.93. The van der Waals surface area contributed by atoms with Crippen LogP contribution in [0.15, 0.2) is 30.3 Å². The molecule has 178 valence electrons. The second kappa shape index (κ2) is 12.0. The van der Waals surface area contributed by atoms with Gasteiger partial charge < -0.3 is 20.6 Å². The predicted molar refractivity (Wildman–Crippen MR) is 126 cm³/mol. The van der Waals surface area contributed by atoms with Crippen molar-refractivity contribution in [1.29, 1.82) is 0 Å². The van der Waals surface area contributed by atoms with E-state index in [9.17, 15) is 19.1 Å². The lowest BCUT2D eigenvalue weighted by Gasteiger charge is -2.20. The van der Waals surface area contributed by atoms with Gasteiger partial charge in [-0.2, -0.15) is 0 Å². The van der Waals surface area contributed by atoms with Crippen molar-refractivity contribution in [3.8, 4) is 0 Å². The van der Waals surface area contributed by atoms with Crippen LogP contribution in [0.4, 0.5) is 10.2 Å². The molecule has 7 nitrogen and oxygen atoms in total. The number of carboxylic acid groups (broad SMARTS) is 1. The van der Waals surface area contributed by atoms with Crippen molar-refractivity contribution in [2.45, 2.75) is 44.6 Å². The van der Waals surface area contributed by atoms with Crippen LogP contribution in [0.25, 0.3) is 0 Å². The maximum absolute atomic E-state index is 13.6. The number of rotatable bonds is 11. The molecular formula is C24H30ClFN4O3. The average Bonchev–Trinajstić information content (AvgIpc) is 2.83. The fraction of sp³-hybridized carbons (Fsp3) is 0.458. The van der Waals surface area contributed by atoms with Crippen LogP contribution < -0.4 is 10.6 Å². The number of carboxylic acids is 1. The molecule has 1 amide bonds. The number of halogens is 2. The fourth-order valence-corrected chi connectivity index (χ4v) is 3.90. The summed E-state index contributed by atoms with van der Waals surface area (Å²) in [6.07, 6.45) is 3.94. The normalized spacial score (nSPS) is 15.5. The molecule has 0 aliphatic carbocycles. The van der Waals surface area contributed by atoms with Gasteiger partial charge in [0.2, 0.25) is 0 Å². The number of anilines is 1. The number of hydrogen-bond acceptors (Lipinski definition) is 5. The number of carbonyl (C=O) groups excluding carboxylic acids is 1. The second-order valence-corrected chi connectivity index (χ2v) is 8.42. The summed E-state index contributed by atoms with van der Waals surface area (Å²) >= 11 is 5.81. The minimum absolute atomic E-state index is 0.0777. The van der Waals surface area contributed by atoms with Crippen LogP contribution in [0, 0.1) is 5.82 Å². The molecular weight excluding hydrogens is 447 g/mol. The van der Waals surface area contributed by atoms with E-state index >= 15 is 0 Å². The molecule has 0 unspecified atom stereocenters. The maximum atomic E-state index is 13.6. The Balaban J connectivity index is 1.53. The first-order valence-electron chi connectivity index (χ1n) is 12.5. The van der Waals surface area contributed by atoms with E-state index in [2.05, 4.69) is 21.7 Å². The van der Waals surface area contributed by atoms with Crippen molar-refractivity contribution in [3.63, 3.8) is 0 Å². The Kier molecular flexibility index (Phi) is 7.56. The molecule has 3 N–H and O–H groups in total. The van der Waals surface area contributed by atoms with Gasteiger partial charge in [-0.1, -0.05) is 23.7 Å². The Hall–Kier alpha value is -2.71. The van der Waals surface area contributed by atoms with E-state index in [0.717, 1.165) is 43.4 Å². The minimum atomic E-state index is -2.42. The van der Waals surface area contributed by atoms with Crippen molar-refractivity contribution in [2.24, 2.45) is 0 Å². The summed E-state index contributed by atoms with van der Waals surface area (Å²) in [5, 5.41) is 14.7. The van der Waals surface area contributed by atoms with E-state index < -0.39 is 35.7 Å². The SMILES string of the molecule is [2H]C([2H])([2H])N(CCCCc1ccc2c(n1)NCCC2)CC[C@H](NC(=O)c1cccc(F)c1Cl)C(=O)O. The van der Waals surface area contributed by atoms with Crippen molar-refractivity contribution < 1.29 is 23.2 Å². The highest BCUT2D eigenvalue weighted by molar-refractivity contribution is 6.34. The number of aliphatic carboxylic acids is 1. The molecule has 1 aromatic carbocycles. The van der Waals surface area contributed by atoms with Crippen molar-refractivity contribution in [1.82, 2.24) is 15.2 Å². The monoisotopic (exact) mass is 479 g/mol. The van der Waals surface area contributed by atoms with Crippen molar-refractivity contribution >= 4 is 29.3 Å². The lowest BCUT2D eigenvalue weighted by Crippen LogP contribution is -2.43. The number of unbranched alkanes of at least 4 members (excludes halogenated alkanes) is 1. The van der Waals surface area contributed by atoms with Crippen LogP contribution in [0.1, 0.15) is 51.4 Å². The Labute approximate surface area is 202 Å². The molecule has 0 fully saturated rings. The highest BCUT2D eigenvalue weighted by atomic mass is 35.5. The number of aryl methyl sites for hydroxylation is 2. The summed E-state index contributed by atoms with van der Waals surface area (Å²) in [5.41, 5.74) is 1.95. The molecule has 33 heavy (non-hydrogen) atoms. The summed E-state index contributed by atoms with van der Waals surface area (Å²) in [5.74, 6) is -2.05. The van der Waals surface area contributed by atoms with Crippen molar-refractivity contribution in [3.05, 3.63) is 58.0 Å². The van der Waals surface area contributed by atoms with Crippen molar-refractivity contribution in [2.75, 3.05) is 31.9 Å². The number of carbonyl (C=O) groups is 2. The number of pyridine rings is 1. The molecule has 0 saturated carbocycles. The number of fused-ring (bicyclic) bond motifs is 1. The van der Waals surface area contributed by atoms with Gasteiger partial charge in [0.1, 0.15) is 17.7 Å². The molecule has 1 aliphatic heterocycles. The average molecular weight is 480 g/mol. The Bertz CT molecular complexity index is 1090. The van der Waals surface area contributed by atoms with E-state index in [1.165, 1.54) is 22.6 Å². The number of nitrogens with zero attached hydrogens (tertiary/aromatic N) is 2. The molecule has 2 heterocycles. The molecule has 0 saturated heterocycles. The third-order valence-electron chi connectivity index (χ3n) is 5.55. The predicted octanol–water partition coefficient (Wildman–Crippen LogP) is 3.76. The van der Waals surface area contributed by atoms with Gasteiger partial charge in [-0.15, -0.1) is 0 Å². The maximum Gasteiger partial charge on any atom is 0.326 e. The van der Waals surface area contributed by atoms with Gasteiger partial charge in [0.15, 0.2) is 0 Å². The summed E-state index contributed by atoms with van der Waals surface area (Å²) in [4.78, 5) is 30.0. The molecule has 3 rings (SSSR count). The first kappa shape index (κ1) is 20.9. The van der Waals surface area contributed by atoms with Gasteiger partial charge >= 0.3 is 5.97 Å². The highest BCUT2D eigenvalue weighted by Gasteiger charge is 2.23. The van der Waals surface area contributed by atoms with Gasteiger partial charge in [-0.25, -0.2) is 14.2 Å². The van der Waals surface area contributed by atoms with E-state index in [-0.39, 0.29) is 25.1 Å².